The lowest BCUT2D eigenvalue weighted by Crippen LogP contribution is -2.55. The smallest absolute Gasteiger partial charge is 0.320 e. The lowest BCUT2D eigenvalue weighted by molar-refractivity contribution is -0.128. The van der Waals surface area contributed by atoms with Crippen LogP contribution >= 0.6 is 0 Å². The van der Waals surface area contributed by atoms with Crippen molar-refractivity contribution in [2.24, 2.45) is 0 Å². The van der Waals surface area contributed by atoms with Gasteiger partial charge in [-0.25, -0.2) is 4.98 Å². The molecule has 0 radical (unpaired) electrons. The zero-order chi connectivity index (χ0) is 29.4. The van der Waals surface area contributed by atoms with Crippen LogP contribution in [0.15, 0.2) is 37.2 Å². The SMILES string of the molecule is C=CC(=O)N1CCN(c2nc(OCC34CCCN3CCC4)nc3nc(-c4cncc5c4CCCC5)ccc23)C[C@@H]1CC#N. The fourth-order valence-electron chi connectivity index (χ4n) is 7.70. The maximum Gasteiger partial charge on any atom is 0.320 e. The van der Waals surface area contributed by atoms with Crippen LogP contribution in [0, 0.1) is 11.3 Å². The van der Waals surface area contributed by atoms with Crippen LogP contribution in [-0.4, -0.2) is 86.6 Å². The maximum absolute atomic E-state index is 12.6. The minimum absolute atomic E-state index is 0.0666. The molecule has 6 heterocycles. The van der Waals surface area contributed by atoms with Crippen molar-refractivity contribution in [3.63, 3.8) is 0 Å². The summed E-state index contributed by atoms with van der Waals surface area (Å²) in [5.41, 5.74) is 5.22. The van der Waals surface area contributed by atoms with Gasteiger partial charge in [-0.15, -0.1) is 0 Å². The van der Waals surface area contributed by atoms with Crippen molar-refractivity contribution in [2.45, 2.75) is 69.4 Å². The number of fused-ring (bicyclic) bond motifs is 3. The molecule has 0 saturated carbocycles. The number of nitriles is 1. The Kier molecular flexibility index (Phi) is 7.43. The molecule has 1 aliphatic carbocycles. The number of piperazine rings is 1. The summed E-state index contributed by atoms with van der Waals surface area (Å²) in [7, 11) is 0. The van der Waals surface area contributed by atoms with Gasteiger partial charge < -0.3 is 14.5 Å². The molecule has 0 N–H and O–H groups in total. The Morgan fingerprint density at radius 2 is 1.91 bits per heavy atom. The number of pyridine rings is 2. The number of aromatic nitrogens is 4. The summed E-state index contributed by atoms with van der Waals surface area (Å²) in [5, 5.41) is 10.4. The largest absolute Gasteiger partial charge is 0.461 e. The molecule has 0 bridgehead atoms. The molecule has 3 aromatic heterocycles. The van der Waals surface area contributed by atoms with E-state index in [9.17, 15) is 10.1 Å². The molecular weight excluding hydrogens is 540 g/mol. The molecule has 10 nitrogen and oxygen atoms in total. The summed E-state index contributed by atoms with van der Waals surface area (Å²) in [6, 6.07) is 6.41. The summed E-state index contributed by atoms with van der Waals surface area (Å²) >= 11 is 0. The van der Waals surface area contributed by atoms with E-state index in [1.165, 1.54) is 42.9 Å². The topological polar surface area (TPSA) is 111 Å². The van der Waals surface area contributed by atoms with E-state index >= 15 is 0 Å². The molecule has 7 rings (SSSR count). The van der Waals surface area contributed by atoms with Gasteiger partial charge in [-0.2, -0.15) is 15.2 Å². The van der Waals surface area contributed by atoms with Crippen molar-refractivity contribution < 1.29 is 9.53 Å². The first-order valence-corrected chi connectivity index (χ1v) is 15.7. The highest BCUT2D eigenvalue weighted by Gasteiger charge is 2.45. The molecule has 4 aliphatic rings. The van der Waals surface area contributed by atoms with E-state index < -0.39 is 0 Å². The molecule has 3 saturated heterocycles. The van der Waals surface area contributed by atoms with Crippen LogP contribution in [-0.2, 0) is 17.6 Å². The minimum Gasteiger partial charge on any atom is -0.461 e. The van der Waals surface area contributed by atoms with Gasteiger partial charge in [0.05, 0.1) is 35.2 Å². The first kappa shape index (κ1) is 27.7. The normalized spacial score (nSPS) is 21.3. The van der Waals surface area contributed by atoms with Crippen molar-refractivity contribution in [2.75, 3.05) is 44.2 Å². The highest BCUT2D eigenvalue weighted by Crippen LogP contribution is 2.39. The predicted molar refractivity (Wildman–Crippen MR) is 164 cm³/mol. The number of hydrogen-bond acceptors (Lipinski definition) is 9. The summed E-state index contributed by atoms with van der Waals surface area (Å²) in [6.07, 6.45) is 14.6. The summed E-state index contributed by atoms with van der Waals surface area (Å²) in [6.45, 7) is 8.00. The van der Waals surface area contributed by atoms with Crippen LogP contribution in [0.2, 0.25) is 0 Å². The second kappa shape index (κ2) is 11.5. The summed E-state index contributed by atoms with van der Waals surface area (Å²) < 4.78 is 6.45. The molecular formula is C33H38N8O2. The standard InChI is InChI=1S/C33H38N8O2/c1-2-29(42)41-18-17-39(21-24(41)11-14-34)31-26-9-10-28(27-20-35-19-23-7-3-4-8-25(23)27)36-30(26)37-32(38-31)43-22-33-12-5-15-40(33)16-6-13-33/h2,9-10,19-20,24H,1,3-8,11-13,15-18,21-22H2/t24-/m0/s1. The number of rotatable bonds is 7. The molecule has 43 heavy (non-hydrogen) atoms. The van der Waals surface area contributed by atoms with Crippen molar-refractivity contribution >= 4 is 22.8 Å². The quantitative estimate of drug-likeness (QED) is 0.383. The summed E-state index contributed by atoms with van der Waals surface area (Å²) in [5.74, 6) is 0.577. The van der Waals surface area contributed by atoms with Crippen molar-refractivity contribution in [1.82, 2.24) is 29.7 Å². The van der Waals surface area contributed by atoms with Crippen LogP contribution in [0.25, 0.3) is 22.3 Å². The Labute approximate surface area is 252 Å². The van der Waals surface area contributed by atoms with E-state index in [0.29, 0.717) is 37.9 Å². The van der Waals surface area contributed by atoms with E-state index in [1.54, 1.807) is 4.90 Å². The van der Waals surface area contributed by atoms with Crippen molar-refractivity contribution in [3.05, 3.63) is 48.3 Å². The Bertz CT molecular complexity index is 1590. The molecule has 3 aromatic rings. The Morgan fingerprint density at radius 1 is 1.07 bits per heavy atom. The number of ether oxygens (including phenoxy) is 1. The van der Waals surface area contributed by atoms with Gasteiger partial charge in [0.25, 0.3) is 0 Å². The van der Waals surface area contributed by atoms with Gasteiger partial charge in [0.15, 0.2) is 5.65 Å². The molecule has 1 amide bonds. The highest BCUT2D eigenvalue weighted by atomic mass is 16.5. The van der Waals surface area contributed by atoms with E-state index in [-0.39, 0.29) is 23.9 Å². The van der Waals surface area contributed by atoms with Crippen LogP contribution in [0.1, 0.15) is 56.1 Å². The van der Waals surface area contributed by atoms with E-state index in [4.69, 9.17) is 19.7 Å². The first-order valence-electron chi connectivity index (χ1n) is 15.7. The second-order valence-corrected chi connectivity index (χ2v) is 12.3. The van der Waals surface area contributed by atoms with Crippen LogP contribution < -0.4 is 9.64 Å². The second-order valence-electron chi connectivity index (χ2n) is 12.3. The Balaban J connectivity index is 1.27. The lowest BCUT2D eigenvalue weighted by atomic mass is 9.89. The number of aryl methyl sites for hydroxylation is 1. The minimum atomic E-state index is -0.266. The average molecular weight is 579 g/mol. The van der Waals surface area contributed by atoms with Gasteiger partial charge in [0, 0.05) is 37.6 Å². The highest BCUT2D eigenvalue weighted by molar-refractivity contribution is 5.90. The van der Waals surface area contributed by atoms with Gasteiger partial charge in [0.1, 0.15) is 12.4 Å². The van der Waals surface area contributed by atoms with E-state index in [2.05, 4.69) is 27.4 Å². The van der Waals surface area contributed by atoms with Crippen LogP contribution in [0.5, 0.6) is 6.01 Å². The molecule has 0 spiro atoms. The number of carbonyl (C=O) groups excluding carboxylic acids is 1. The van der Waals surface area contributed by atoms with Crippen LogP contribution in [0.4, 0.5) is 5.82 Å². The monoisotopic (exact) mass is 578 g/mol. The zero-order valence-electron chi connectivity index (χ0n) is 24.7. The zero-order valence-corrected chi connectivity index (χ0v) is 24.7. The predicted octanol–water partition coefficient (Wildman–Crippen LogP) is 4.09. The third kappa shape index (κ3) is 5.10. The summed E-state index contributed by atoms with van der Waals surface area (Å²) in [4.78, 5) is 38.5. The number of amides is 1. The molecule has 10 heteroatoms. The maximum atomic E-state index is 12.6. The molecule has 222 valence electrons. The Hall–Kier alpha value is -4.10. The van der Waals surface area contributed by atoms with Gasteiger partial charge in [-0.1, -0.05) is 6.58 Å². The third-order valence-corrected chi connectivity index (χ3v) is 9.91. The molecule has 0 aromatic carbocycles. The first-order chi connectivity index (χ1) is 21.1. The van der Waals surface area contributed by atoms with Gasteiger partial charge in [-0.05, 0) is 93.8 Å². The molecule has 3 fully saturated rings. The van der Waals surface area contributed by atoms with Crippen LogP contribution in [0.3, 0.4) is 0 Å². The third-order valence-electron chi connectivity index (χ3n) is 9.91. The fourth-order valence-corrected chi connectivity index (χ4v) is 7.70. The van der Waals surface area contributed by atoms with Gasteiger partial charge in [-0.3, -0.25) is 14.7 Å². The van der Waals surface area contributed by atoms with Gasteiger partial charge >= 0.3 is 6.01 Å². The number of nitrogens with zero attached hydrogens (tertiary/aromatic N) is 8. The Morgan fingerprint density at radius 3 is 2.72 bits per heavy atom. The number of carbonyl (C=O) groups is 1. The van der Waals surface area contributed by atoms with E-state index in [0.717, 1.165) is 61.2 Å². The molecule has 1 atom stereocenters. The van der Waals surface area contributed by atoms with Gasteiger partial charge in [0.2, 0.25) is 5.91 Å². The number of anilines is 1. The molecule has 3 aliphatic heterocycles. The lowest BCUT2D eigenvalue weighted by Gasteiger charge is -2.41. The van der Waals surface area contributed by atoms with E-state index in [1.807, 2.05) is 24.5 Å². The average Bonchev–Trinajstić information content (AvgIpc) is 3.63. The van der Waals surface area contributed by atoms with Crippen molar-refractivity contribution in [3.8, 4) is 23.3 Å². The fraction of sp³-hybridized carbons (Fsp3) is 0.515. The molecule has 0 unspecified atom stereocenters. The number of hydrogen-bond donors (Lipinski definition) is 0. The van der Waals surface area contributed by atoms with Crippen molar-refractivity contribution in [1.29, 1.82) is 5.26 Å².